The van der Waals surface area contributed by atoms with Crippen molar-refractivity contribution < 1.29 is 4.74 Å². The molecule has 2 N–H and O–H groups in total. The molecule has 3 aromatic rings. The van der Waals surface area contributed by atoms with Crippen molar-refractivity contribution >= 4 is 32.1 Å². The number of para-hydroxylation sites is 1. The molecule has 0 radical (unpaired) electrons. The average molecular weight is 303 g/mol. The summed E-state index contributed by atoms with van der Waals surface area (Å²) in [5.74, 6) is 0.901. The number of hydrogen-bond acceptors (Lipinski definition) is 4. The molecule has 104 valence electrons. The largest absolute Gasteiger partial charge is 0.493 e. The van der Waals surface area contributed by atoms with E-state index in [1.54, 1.807) is 22.7 Å². The first-order chi connectivity index (χ1) is 9.79. The number of ether oxygens (including phenoxy) is 1. The van der Waals surface area contributed by atoms with E-state index < -0.39 is 0 Å². The van der Waals surface area contributed by atoms with Gasteiger partial charge in [0.05, 0.1) is 12.6 Å². The van der Waals surface area contributed by atoms with Crippen molar-refractivity contribution in [1.82, 2.24) is 0 Å². The third-order valence-corrected chi connectivity index (χ3v) is 5.36. The Labute approximate surface area is 126 Å². The lowest BCUT2D eigenvalue weighted by molar-refractivity contribution is 0.313. The Balaban J connectivity index is 1.93. The highest BCUT2D eigenvalue weighted by atomic mass is 32.1. The Bertz CT molecular complexity index is 673. The monoisotopic (exact) mass is 303 g/mol. The van der Waals surface area contributed by atoms with E-state index in [4.69, 9.17) is 10.5 Å². The van der Waals surface area contributed by atoms with E-state index in [0.29, 0.717) is 0 Å². The minimum absolute atomic E-state index is 0.118. The van der Waals surface area contributed by atoms with E-state index in [-0.39, 0.29) is 6.04 Å². The Morgan fingerprint density at radius 1 is 1.20 bits per heavy atom. The first-order valence-corrected chi connectivity index (χ1v) is 8.43. The van der Waals surface area contributed by atoms with E-state index in [1.807, 2.05) is 18.2 Å². The standard InChI is InChI=1S/C16H17NOS2/c1-2-8-18-12-6-4-3-5-11(12)16(17)15-10-14-13(20-15)7-9-19-14/h3-7,9-10,16H,2,8,17H2,1H3. The summed E-state index contributed by atoms with van der Waals surface area (Å²) in [5.41, 5.74) is 7.51. The van der Waals surface area contributed by atoms with Crippen LogP contribution in [0.2, 0.25) is 0 Å². The highest BCUT2D eigenvalue weighted by molar-refractivity contribution is 7.27. The summed E-state index contributed by atoms with van der Waals surface area (Å²) in [6.07, 6.45) is 0.998. The third-order valence-electron chi connectivity index (χ3n) is 3.18. The van der Waals surface area contributed by atoms with Crippen LogP contribution >= 0.6 is 22.7 Å². The van der Waals surface area contributed by atoms with Crippen molar-refractivity contribution in [2.75, 3.05) is 6.61 Å². The SMILES string of the molecule is CCCOc1ccccc1C(N)c1cc2sccc2s1. The van der Waals surface area contributed by atoms with Crippen LogP contribution in [-0.4, -0.2) is 6.61 Å². The molecule has 1 atom stereocenters. The molecule has 0 bridgehead atoms. The van der Waals surface area contributed by atoms with Crippen molar-refractivity contribution in [1.29, 1.82) is 0 Å². The minimum atomic E-state index is -0.118. The number of fused-ring (bicyclic) bond motifs is 1. The summed E-state index contributed by atoms with van der Waals surface area (Å²) >= 11 is 3.53. The van der Waals surface area contributed by atoms with Crippen LogP contribution in [0, 0.1) is 0 Å². The number of benzene rings is 1. The minimum Gasteiger partial charge on any atom is -0.493 e. The fraction of sp³-hybridized carbons (Fsp3) is 0.250. The zero-order valence-corrected chi connectivity index (χ0v) is 13.0. The van der Waals surface area contributed by atoms with Gasteiger partial charge in [0.15, 0.2) is 0 Å². The van der Waals surface area contributed by atoms with Crippen molar-refractivity contribution in [3.05, 3.63) is 52.2 Å². The maximum atomic E-state index is 6.45. The number of nitrogens with two attached hydrogens (primary N) is 1. The van der Waals surface area contributed by atoms with E-state index >= 15 is 0 Å². The molecule has 1 unspecified atom stereocenters. The van der Waals surface area contributed by atoms with E-state index in [9.17, 15) is 0 Å². The maximum Gasteiger partial charge on any atom is 0.124 e. The molecule has 0 aliphatic carbocycles. The van der Waals surface area contributed by atoms with Gasteiger partial charge in [-0.15, -0.1) is 22.7 Å². The van der Waals surface area contributed by atoms with Gasteiger partial charge in [-0.2, -0.15) is 0 Å². The molecule has 2 aromatic heterocycles. The molecule has 0 amide bonds. The molecule has 0 spiro atoms. The highest BCUT2D eigenvalue weighted by Crippen LogP contribution is 2.37. The van der Waals surface area contributed by atoms with Crippen molar-refractivity contribution in [2.45, 2.75) is 19.4 Å². The van der Waals surface area contributed by atoms with E-state index in [1.165, 1.54) is 14.3 Å². The van der Waals surface area contributed by atoms with Gasteiger partial charge >= 0.3 is 0 Å². The molecule has 3 rings (SSSR count). The Hall–Kier alpha value is -1.36. The van der Waals surface area contributed by atoms with Gasteiger partial charge in [-0.3, -0.25) is 0 Å². The molecule has 2 heterocycles. The molecule has 1 aromatic carbocycles. The fourth-order valence-electron chi connectivity index (χ4n) is 2.17. The first-order valence-electron chi connectivity index (χ1n) is 6.74. The molecule has 0 saturated heterocycles. The Morgan fingerprint density at radius 3 is 2.85 bits per heavy atom. The lowest BCUT2D eigenvalue weighted by Gasteiger charge is -2.15. The predicted molar refractivity (Wildman–Crippen MR) is 88.0 cm³/mol. The molecule has 0 aliphatic heterocycles. The Morgan fingerprint density at radius 2 is 2.05 bits per heavy atom. The molecule has 0 aliphatic rings. The van der Waals surface area contributed by atoms with Crippen molar-refractivity contribution in [3.8, 4) is 5.75 Å². The van der Waals surface area contributed by atoms with Gasteiger partial charge in [0, 0.05) is 19.8 Å². The lowest BCUT2D eigenvalue weighted by atomic mass is 10.1. The fourth-order valence-corrected chi connectivity index (χ4v) is 4.31. The topological polar surface area (TPSA) is 35.2 Å². The van der Waals surface area contributed by atoms with Crippen LogP contribution in [0.1, 0.15) is 29.8 Å². The second kappa shape index (κ2) is 5.95. The summed E-state index contributed by atoms with van der Waals surface area (Å²) in [6.45, 7) is 2.83. The van der Waals surface area contributed by atoms with Gasteiger partial charge < -0.3 is 10.5 Å². The van der Waals surface area contributed by atoms with Gasteiger partial charge in [0.1, 0.15) is 5.75 Å². The number of hydrogen-bond donors (Lipinski definition) is 1. The maximum absolute atomic E-state index is 6.45. The van der Waals surface area contributed by atoms with Gasteiger partial charge in [-0.1, -0.05) is 25.1 Å². The summed E-state index contributed by atoms with van der Waals surface area (Å²) in [4.78, 5) is 1.19. The Kier molecular flexibility index (Phi) is 4.05. The number of thiophene rings is 2. The summed E-state index contributed by atoms with van der Waals surface area (Å²) in [5, 5.41) is 2.12. The summed E-state index contributed by atoms with van der Waals surface area (Å²) in [6, 6.07) is 12.3. The van der Waals surface area contributed by atoms with E-state index in [0.717, 1.165) is 24.3 Å². The predicted octanol–water partition coefficient (Wildman–Crippen LogP) is 4.80. The van der Waals surface area contributed by atoms with Gasteiger partial charge in [-0.25, -0.2) is 0 Å². The smallest absolute Gasteiger partial charge is 0.124 e. The lowest BCUT2D eigenvalue weighted by Crippen LogP contribution is -2.12. The average Bonchev–Trinajstić information content (AvgIpc) is 3.06. The van der Waals surface area contributed by atoms with Crippen LogP contribution in [-0.2, 0) is 0 Å². The van der Waals surface area contributed by atoms with Gasteiger partial charge in [-0.05, 0) is 30.0 Å². The van der Waals surface area contributed by atoms with Crippen LogP contribution in [0.15, 0.2) is 41.8 Å². The number of rotatable bonds is 5. The van der Waals surface area contributed by atoms with Crippen LogP contribution in [0.3, 0.4) is 0 Å². The van der Waals surface area contributed by atoms with Crippen LogP contribution in [0.25, 0.3) is 9.40 Å². The van der Waals surface area contributed by atoms with Crippen LogP contribution < -0.4 is 10.5 Å². The van der Waals surface area contributed by atoms with Crippen LogP contribution in [0.5, 0.6) is 5.75 Å². The van der Waals surface area contributed by atoms with Gasteiger partial charge in [0.25, 0.3) is 0 Å². The normalized spacial score (nSPS) is 12.7. The van der Waals surface area contributed by atoms with Crippen molar-refractivity contribution in [3.63, 3.8) is 0 Å². The second-order valence-electron chi connectivity index (χ2n) is 4.66. The molecular formula is C16H17NOS2. The third kappa shape index (κ3) is 2.59. The summed E-state index contributed by atoms with van der Waals surface area (Å²) in [7, 11) is 0. The van der Waals surface area contributed by atoms with E-state index in [2.05, 4.69) is 30.5 Å². The van der Waals surface area contributed by atoms with Gasteiger partial charge in [0.2, 0.25) is 0 Å². The zero-order valence-electron chi connectivity index (χ0n) is 11.3. The zero-order chi connectivity index (χ0) is 13.9. The molecular weight excluding hydrogens is 286 g/mol. The molecule has 0 fully saturated rings. The first kappa shape index (κ1) is 13.6. The molecule has 0 saturated carbocycles. The van der Waals surface area contributed by atoms with Crippen LogP contribution in [0.4, 0.5) is 0 Å². The van der Waals surface area contributed by atoms with Crippen molar-refractivity contribution in [2.24, 2.45) is 5.73 Å². The molecule has 2 nitrogen and oxygen atoms in total. The second-order valence-corrected chi connectivity index (χ2v) is 6.72. The molecule has 20 heavy (non-hydrogen) atoms. The highest BCUT2D eigenvalue weighted by Gasteiger charge is 2.16. The quantitative estimate of drug-likeness (QED) is 0.735. The summed E-state index contributed by atoms with van der Waals surface area (Å²) < 4.78 is 8.44. The molecule has 4 heteroatoms.